The molecule has 2 heterocycles. The van der Waals surface area contributed by atoms with Crippen LogP contribution in [0, 0.1) is 18.3 Å². The summed E-state index contributed by atoms with van der Waals surface area (Å²) in [4.78, 5) is 2.46. The molecule has 1 aromatic carbocycles. The molecule has 1 aliphatic carbocycles. The molecule has 0 amide bonds. The molecule has 3 aliphatic rings. The van der Waals surface area contributed by atoms with Crippen molar-refractivity contribution in [3.05, 3.63) is 54.1 Å². The van der Waals surface area contributed by atoms with Gasteiger partial charge in [0.25, 0.3) is 0 Å². The van der Waals surface area contributed by atoms with Gasteiger partial charge in [0.05, 0.1) is 0 Å². The van der Waals surface area contributed by atoms with Gasteiger partial charge in [-0.2, -0.15) is 0 Å². The Morgan fingerprint density at radius 3 is 2.46 bits per heavy atom. The third-order valence-electron chi connectivity index (χ3n) is 6.56. The molecule has 4 rings (SSSR count). The van der Waals surface area contributed by atoms with Gasteiger partial charge in [-0.25, -0.2) is 0 Å². The molecule has 0 radical (unpaired) electrons. The van der Waals surface area contributed by atoms with Crippen molar-refractivity contribution in [1.29, 1.82) is 0 Å². The van der Waals surface area contributed by atoms with Crippen LogP contribution in [0.25, 0.3) is 5.57 Å². The highest BCUT2D eigenvalue weighted by Gasteiger charge is 2.38. The number of hydrogen-bond acceptors (Lipinski definition) is 2. The fraction of sp³-hybridized carbons (Fsp3) is 0.583. The fourth-order valence-electron chi connectivity index (χ4n) is 4.71. The number of aryl methyl sites for hydroxylation is 1. The quantitative estimate of drug-likeness (QED) is 0.728. The van der Waals surface area contributed by atoms with Crippen LogP contribution >= 0.6 is 0 Å². The van der Waals surface area contributed by atoms with Crippen molar-refractivity contribution in [3.63, 3.8) is 0 Å². The van der Waals surface area contributed by atoms with E-state index < -0.39 is 0 Å². The molecule has 2 heteroatoms. The number of nitrogens with zero attached hydrogens (tertiary/aromatic N) is 1. The van der Waals surface area contributed by atoms with E-state index >= 15 is 0 Å². The number of rotatable bonds is 1. The van der Waals surface area contributed by atoms with E-state index in [4.69, 9.17) is 0 Å². The Hall–Kier alpha value is -1.38. The van der Waals surface area contributed by atoms with Crippen LogP contribution in [-0.2, 0) is 6.42 Å². The Balaban J connectivity index is 0.000000206. The summed E-state index contributed by atoms with van der Waals surface area (Å²) in [5.74, 6) is 0.788. The molecule has 142 valence electrons. The number of hydrogen-bond donors (Lipinski definition) is 1. The van der Waals surface area contributed by atoms with Gasteiger partial charge < -0.3 is 10.2 Å². The number of piperidine rings is 2. The van der Waals surface area contributed by atoms with Gasteiger partial charge in [-0.15, -0.1) is 6.58 Å². The van der Waals surface area contributed by atoms with Gasteiger partial charge in [0.2, 0.25) is 0 Å². The van der Waals surface area contributed by atoms with Gasteiger partial charge in [0.1, 0.15) is 0 Å². The van der Waals surface area contributed by atoms with Gasteiger partial charge in [0, 0.05) is 0 Å². The van der Waals surface area contributed by atoms with Crippen molar-refractivity contribution in [2.75, 3.05) is 33.2 Å². The number of likely N-dealkylation sites (tertiary alicyclic amines) is 1. The molecule has 2 saturated heterocycles. The first kappa shape index (κ1) is 19.4. The van der Waals surface area contributed by atoms with Crippen molar-refractivity contribution >= 4 is 5.57 Å². The van der Waals surface area contributed by atoms with Crippen molar-refractivity contribution in [1.82, 2.24) is 10.2 Å². The number of nitrogens with one attached hydrogen (secondary N) is 1. The molecule has 2 nitrogen and oxygen atoms in total. The first-order chi connectivity index (χ1) is 12.5. The summed E-state index contributed by atoms with van der Waals surface area (Å²) in [5, 5.41) is 3.30. The molecular weight excluding hydrogens is 316 g/mol. The van der Waals surface area contributed by atoms with Crippen LogP contribution < -0.4 is 5.32 Å². The molecule has 2 fully saturated rings. The number of benzene rings is 1. The molecule has 0 unspecified atom stereocenters. The van der Waals surface area contributed by atoms with Crippen LogP contribution in [0.1, 0.15) is 48.8 Å². The van der Waals surface area contributed by atoms with Crippen molar-refractivity contribution in [2.45, 2.75) is 45.4 Å². The van der Waals surface area contributed by atoms with Crippen LogP contribution in [0.3, 0.4) is 0 Å². The van der Waals surface area contributed by atoms with Crippen molar-refractivity contribution in [3.8, 4) is 0 Å². The zero-order valence-electron chi connectivity index (χ0n) is 16.8. The van der Waals surface area contributed by atoms with Crippen LogP contribution in [0.2, 0.25) is 0 Å². The average Bonchev–Trinajstić information content (AvgIpc) is 2.66. The minimum absolute atomic E-state index is 0.506. The molecule has 26 heavy (non-hydrogen) atoms. The Morgan fingerprint density at radius 2 is 1.85 bits per heavy atom. The third-order valence-corrected chi connectivity index (χ3v) is 6.56. The highest BCUT2D eigenvalue weighted by atomic mass is 15.1. The largest absolute Gasteiger partial charge is 0.317 e. The molecule has 2 aliphatic heterocycles. The maximum atomic E-state index is 4.35. The predicted octanol–water partition coefficient (Wildman–Crippen LogP) is 4.84. The average molecular weight is 353 g/mol. The van der Waals surface area contributed by atoms with E-state index in [1.165, 1.54) is 87.0 Å². The second-order valence-corrected chi connectivity index (χ2v) is 8.74. The van der Waals surface area contributed by atoms with Crippen LogP contribution in [0.5, 0.6) is 0 Å². The van der Waals surface area contributed by atoms with Crippen LogP contribution in [0.4, 0.5) is 0 Å². The molecule has 0 atom stereocenters. The predicted molar refractivity (Wildman–Crippen MR) is 113 cm³/mol. The summed E-state index contributed by atoms with van der Waals surface area (Å²) >= 11 is 0. The Labute approximate surface area is 160 Å². The molecule has 0 bridgehead atoms. The minimum Gasteiger partial charge on any atom is -0.317 e. The van der Waals surface area contributed by atoms with Gasteiger partial charge in [-0.05, 0) is 107 Å². The maximum Gasteiger partial charge on any atom is -0.00163 e. The number of fused-ring (bicyclic) bond motifs is 1. The summed E-state index contributed by atoms with van der Waals surface area (Å²) in [5.41, 5.74) is 6.19. The first-order valence-corrected chi connectivity index (χ1v) is 10.3. The van der Waals surface area contributed by atoms with E-state index in [0.717, 1.165) is 5.92 Å². The van der Waals surface area contributed by atoms with E-state index in [1.807, 2.05) is 0 Å². The lowest BCUT2D eigenvalue weighted by Gasteiger charge is -2.44. The molecule has 1 spiro atoms. The summed E-state index contributed by atoms with van der Waals surface area (Å²) in [7, 11) is 2.24. The SMILES string of the molecule is C=C1CC2(CCN(C)CC2)Cc2ccc(C)cc21.C=CC1CCNCC1. The third kappa shape index (κ3) is 4.66. The lowest BCUT2D eigenvalue weighted by molar-refractivity contribution is 0.123. The Kier molecular flexibility index (Phi) is 6.37. The fourth-order valence-corrected chi connectivity index (χ4v) is 4.71. The standard InChI is InChI=1S/C17H23N.C7H13N/c1-13-4-5-15-12-17(6-8-18(3)9-7-17)11-14(2)16(15)10-13;1-2-7-3-5-8-6-4-7/h4-5,10H,2,6-9,11-12H2,1,3H3;2,7-8H,1,3-6H2. The minimum atomic E-state index is 0.506. The number of allylic oxidation sites excluding steroid dienone is 2. The van der Waals surface area contributed by atoms with E-state index in [1.54, 1.807) is 0 Å². The Bertz CT molecular complexity index is 632. The lowest BCUT2D eigenvalue weighted by Crippen LogP contribution is -2.40. The topological polar surface area (TPSA) is 15.3 Å². The summed E-state index contributed by atoms with van der Waals surface area (Å²) in [6.07, 6.45) is 9.76. The maximum absolute atomic E-state index is 4.35. The van der Waals surface area contributed by atoms with Gasteiger partial charge in [-0.3, -0.25) is 0 Å². The van der Waals surface area contributed by atoms with Crippen LogP contribution in [-0.4, -0.2) is 38.1 Å². The van der Waals surface area contributed by atoms with E-state index in [9.17, 15) is 0 Å². The second kappa shape index (κ2) is 8.54. The molecule has 0 aromatic heterocycles. The van der Waals surface area contributed by atoms with E-state index in [2.05, 4.69) is 61.6 Å². The van der Waals surface area contributed by atoms with E-state index in [0.29, 0.717) is 5.41 Å². The highest BCUT2D eigenvalue weighted by Crippen LogP contribution is 2.47. The zero-order valence-corrected chi connectivity index (χ0v) is 16.8. The molecular formula is C24H36N2. The van der Waals surface area contributed by atoms with Gasteiger partial charge >= 0.3 is 0 Å². The van der Waals surface area contributed by atoms with Crippen molar-refractivity contribution in [2.24, 2.45) is 11.3 Å². The lowest BCUT2D eigenvalue weighted by atomic mass is 9.65. The summed E-state index contributed by atoms with van der Waals surface area (Å²) < 4.78 is 0. The molecule has 1 aromatic rings. The molecule has 0 saturated carbocycles. The summed E-state index contributed by atoms with van der Waals surface area (Å²) in [6, 6.07) is 6.90. The molecule has 1 N–H and O–H groups in total. The smallest absolute Gasteiger partial charge is 0.00163 e. The monoisotopic (exact) mass is 352 g/mol. The van der Waals surface area contributed by atoms with Crippen LogP contribution in [0.15, 0.2) is 37.4 Å². The Morgan fingerprint density at radius 1 is 1.15 bits per heavy atom. The first-order valence-electron chi connectivity index (χ1n) is 10.3. The zero-order chi connectivity index (χ0) is 18.6. The van der Waals surface area contributed by atoms with Gasteiger partial charge in [0.15, 0.2) is 0 Å². The van der Waals surface area contributed by atoms with E-state index in [-0.39, 0.29) is 0 Å². The van der Waals surface area contributed by atoms with Gasteiger partial charge in [-0.1, -0.05) is 36.4 Å². The second-order valence-electron chi connectivity index (χ2n) is 8.74. The highest BCUT2D eigenvalue weighted by molar-refractivity contribution is 5.69. The normalized spacial score (nSPS) is 23.1. The van der Waals surface area contributed by atoms with Crippen molar-refractivity contribution < 1.29 is 0 Å². The summed E-state index contributed by atoms with van der Waals surface area (Å²) in [6.45, 7) is 15.1.